The number of amides is 2. The maximum atomic E-state index is 13.0. The number of aryl methyl sites for hydroxylation is 1. The van der Waals surface area contributed by atoms with Crippen LogP contribution in [0.4, 0.5) is 11.4 Å². The lowest BCUT2D eigenvalue weighted by Crippen LogP contribution is -2.27. The van der Waals surface area contributed by atoms with Crippen LogP contribution in [-0.4, -0.2) is 29.9 Å². The second kappa shape index (κ2) is 10.9. The van der Waals surface area contributed by atoms with Crippen LogP contribution in [0.2, 0.25) is 5.02 Å². The normalized spacial score (nSPS) is 14.4. The molecule has 1 fully saturated rings. The molecule has 2 amide bonds. The van der Waals surface area contributed by atoms with Gasteiger partial charge in [0.2, 0.25) is 0 Å². The van der Waals surface area contributed by atoms with Gasteiger partial charge in [-0.25, -0.2) is 0 Å². The molecule has 0 unspecified atom stereocenters. The van der Waals surface area contributed by atoms with E-state index in [1.54, 1.807) is 48.5 Å². The standard InChI is InChI=1S/C26H21ClN2O4S2/c1-16-3-10-20(11-4-16)29-25(31)23(35-26(29)34)14-17-5-12-21(22(13-17)32-2)33-15-24(30)28-19-8-6-18(27)7-9-19/h3-14H,15H2,1-2H3,(H,28,30)/b23-14-. The number of carbonyl (C=O) groups is 2. The summed E-state index contributed by atoms with van der Waals surface area (Å²) in [4.78, 5) is 27.3. The van der Waals surface area contributed by atoms with E-state index in [1.807, 2.05) is 31.2 Å². The van der Waals surface area contributed by atoms with Crippen molar-refractivity contribution in [3.8, 4) is 11.5 Å². The van der Waals surface area contributed by atoms with Crippen molar-refractivity contribution in [3.05, 3.63) is 87.8 Å². The van der Waals surface area contributed by atoms with Gasteiger partial charge in [-0.1, -0.05) is 59.3 Å². The van der Waals surface area contributed by atoms with Crippen LogP contribution in [0.25, 0.3) is 6.08 Å². The molecule has 6 nitrogen and oxygen atoms in total. The molecule has 0 aromatic heterocycles. The molecule has 0 saturated carbocycles. The number of carbonyl (C=O) groups excluding carboxylic acids is 2. The highest BCUT2D eigenvalue weighted by molar-refractivity contribution is 8.27. The Hall–Kier alpha value is -3.33. The maximum Gasteiger partial charge on any atom is 0.270 e. The molecular weight excluding hydrogens is 504 g/mol. The molecule has 1 saturated heterocycles. The number of rotatable bonds is 7. The first-order valence-electron chi connectivity index (χ1n) is 10.5. The van der Waals surface area contributed by atoms with Gasteiger partial charge in [-0.3, -0.25) is 14.5 Å². The van der Waals surface area contributed by atoms with Gasteiger partial charge in [0.05, 0.1) is 17.7 Å². The molecule has 0 radical (unpaired) electrons. The second-order valence-electron chi connectivity index (χ2n) is 7.61. The Morgan fingerprint density at radius 2 is 1.80 bits per heavy atom. The van der Waals surface area contributed by atoms with Gasteiger partial charge in [0, 0.05) is 10.7 Å². The third-order valence-electron chi connectivity index (χ3n) is 5.06. The van der Waals surface area contributed by atoms with Crippen LogP contribution in [0.15, 0.2) is 71.6 Å². The molecule has 1 aliphatic rings. The molecule has 0 aliphatic carbocycles. The van der Waals surface area contributed by atoms with Crippen molar-refractivity contribution >= 4 is 69.2 Å². The Morgan fingerprint density at radius 1 is 1.09 bits per heavy atom. The maximum absolute atomic E-state index is 13.0. The van der Waals surface area contributed by atoms with Crippen LogP contribution in [0.1, 0.15) is 11.1 Å². The first kappa shape index (κ1) is 24.8. The first-order chi connectivity index (χ1) is 16.8. The summed E-state index contributed by atoms with van der Waals surface area (Å²) in [5.74, 6) is 0.343. The number of hydrogen-bond donors (Lipinski definition) is 1. The number of methoxy groups -OCH3 is 1. The van der Waals surface area contributed by atoms with Crippen LogP contribution in [0.5, 0.6) is 11.5 Å². The zero-order chi connectivity index (χ0) is 24.9. The van der Waals surface area contributed by atoms with Crippen molar-refractivity contribution in [2.75, 3.05) is 23.9 Å². The van der Waals surface area contributed by atoms with Crippen molar-refractivity contribution in [3.63, 3.8) is 0 Å². The molecule has 0 bridgehead atoms. The van der Waals surface area contributed by atoms with Crippen LogP contribution >= 0.6 is 35.6 Å². The predicted molar refractivity (Wildman–Crippen MR) is 145 cm³/mol. The third-order valence-corrected chi connectivity index (χ3v) is 6.61. The summed E-state index contributed by atoms with van der Waals surface area (Å²) >= 11 is 12.6. The Balaban J connectivity index is 1.44. The number of thioether (sulfide) groups is 1. The lowest BCUT2D eigenvalue weighted by Gasteiger charge is -2.14. The highest BCUT2D eigenvalue weighted by atomic mass is 35.5. The van der Waals surface area contributed by atoms with Crippen LogP contribution < -0.4 is 19.7 Å². The number of benzene rings is 3. The molecule has 35 heavy (non-hydrogen) atoms. The van der Waals surface area contributed by atoms with Crippen molar-refractivity contribution in [1.29, 1.82) is 0 Å². The van der Waals surface area contributed by atoms with Gasteiger partial charge < -0.3 is 14.8 Å². The van der Waals surface area contributed by atoms with Crippen molar-refractivity contribution in [1.82, 2.24) is 0 Å². The van der Waals surface area contributed by atoms with E-state index in [4.69, 9.17) is 33.3 Å². The predicted octanol–water partition coefficient (Wildman–Crippen LogP) is 6.08. The van der Waals surface area contributed by atoms with Gasteiger partial charge in [0.1, 0.15) is 0 Å². The van der Waals surface area contributed by atoms with E-state index < -0.39 is 0 Å². The van der Waals surface area contributed by atoms with Crippen molar-refractivity contribution < 1.29 is 19.1 Å². The molecule has 0 atom stereocenters. The number of nitrogens with zero attached hydrogens (tertiary/aromatic N) is 1. The quantitative estimate of drug-likeness (QED) is 0.298. The summed E-state index contributed by atoms with van der Waals surface area (Å²) in [6, 6.07) is 19.6. The minimum atomic E-state index is -0.321. The number of hydrogen-bond acceptors (Lipinski definition) is 6. The molecule has 4 rings (SSSR count). The SMILES string of the molecule is COc1cc(/C=C2\SC(=S)N(c3ccc(C)cc3)C2=O)ccc1OCC(=O)Nc1ccc(Cl)cc1. The van der Waals surface area contributed by atoms with Gasteiger partial charge >= 0.3 is 0 Å². The van der Waals surface area contributed by atoms with E-state index in [1.165, 1.54) is 23.8 Å². The van der Waals surface area contributed by atoms with Gasteiger partial charge in [-0.05, 0) is 67.1 Å². The third kappa shape index (κ3) is 6.03. The van der Waals surface area contributed by atoms with Gasteiger partial charge in [-0.15, -0.1) is 0 Å². The average Bonchev–Trinajstić information content (AvgIpc) is 3.12. The zero-order valence-corrected chi connectivity index (χ0v) is 21.3. The Labute approximate surface area is 217 Å². The summed E-state index contributed by atoms with van der Waals surface area (Å²) < 4.78 is 11.6. The molecule has 1 N–H and O–H groups in total. The lowest BCUT2D eigenvalue weighted by molar-refractivity contribution is -0.118. The van der Waals surface area contributed by atoms with Gasteiger partial charge in [0.25, 0.3) is 11.8 Å². The number of halogens is 1. The van der Waals surface area contributed by atoms with E-state index in [9.17, 15) is 9.59 Å². The average molecular weight is 525 g/mol. The monoisotopic (exact) mass is 524 g/mol. The summed E-state index contributed by atoms with van der Waals surface area (Å²) in [7, 11) is 1.51. The summed E-state index contributed by atoms with van der Waals surface area (Å²) in [5.41, 5.74) is 3.20. The Morgan fingerprint density at radius 3 is 2.49 bits per heavy atom. The highest BCUT2D eigenvalue weighted by Crippen LogP contribution is 2.37. The molecular formula is C26H21ClN2O4S2. The molecule has 1 aliphatic heterocycles. The zero-order valence-electron chi connectivity index (χ0n) is 18.9. The fourth-order valence-electron chi connectivity index (χ4n) is 3.30. The molecule has 9 heteroatoms. The molecule has 1 heterocycles. The largest absolute Gasteiger partial charge is 0.493 e. The molecule has 178 valence electrons. The minimum Gasteiger partial charge on any atom is -0.493 e. The Bertz CT molecular complexity index is 1310. The summed E-state index contributed by atoms with van der Waals surface area (Å²) in [6.07, 6.45) is 1.76. The fourth-order valence-corrected chi connectivity index (χ4v) is 4.73. The first-order valence-corrected chi connectivity index (χ1v) is 12.1. The van der Waals surface area contributed by atoms with E-state index in [2.05, 4.69) is 5.32 Å². The van der Waals surface area contributed by atoms with E-state index >= 15 is 0 Å². The smallest absolute Gasteiger partial charge is 0.270 e. The number of anilines is 2. The molecule has 3 aromatic rings. The minimum absolute atomic E-state index is 0.179. The fraction of sp³-hybridized carbons (Fsp3) is 0.115. The van der Waals surface area contributed by atoms with E-state index in [-0.39, 0.29) is 18.4 Å². The van der Waals surface area contributed by atoms with Crippen LogP contribution in [0, 0.1) is 6.92 Å². The summed E-state index contributed by atoms with van der Waals surface area (Å²) in [5, 5.41) is 3.32. The van der Waals surface area contributed by atoms with Crippen LogP contribution in [0.3, 0.4) is 0 Å². The van der Waals surface area contributed by atoms with E-state index in [0.717, 1.165) is 16.8 Å². The number of nitrogens with one attached hydrogen (secondary N) is 1. The van der Waals surface area contributed by atoms with Gasteiger partial charge in [-0.2, -0.15) is 0 Å². The highest BCUT2D eigenvalue weighted by Gasteiger charge is 2.33. The second-order valence-corrected chi connectivity index (χ2v) is 9.72. The van der Waals surface area contributed by atoms with Crippen molar-refractivity contribution in [2.45, 2.75) is 6.92 Å². The van der Waals surface area contributed by atoms with Crippen LogP contribution in [-0.2, 0) is 9.59 Å². The summed E-state index contributed by atoms with van der Waals surface area (Å²) in [6.45, 7) is 1.79. The number of thiocarbonyl (C=S) groups is 1. The number of ether oxygens (including phenoxy) is 2. The van der Waals surface area contributed by atoms with E-state index in [0.29, 0.717) is 31.4 Å². The van der Waals surface area contributed by atoms with Crippen molar-refractivity contribution in [2.24, 2.45) is 0 Å². The Kier molecular flexibility index (Phi) is 7.75. The topological polar surface area (TPSA) is 67.9 Å². The molecule has 0 spiro atoms. The van der Waals surface area contributed by atoms with Gasteiger partial charge in [0.15, 0.2) is 22.4 Å². The lowest BCUT2D eigenvalue weighted by atomic mass is 10.1. The molecule has 3 aromatic carbocycles.